The van der Waals surface area contributed by atoms with Crippen molar-refractivity contribution in [3.63, 3.8) is 0 Å². The van der Waals surface area contributed by atoms with Gasteiger partial charge in [0.2, 0.25) is 10.0 Å². The average Bonchev–Trinajstić information content (AvgIpc) is 3.00. The monoisotopic (exact) mass is 359 g/mol. The van der Waals surface area contributed by atoms with Gasteiger partial charge in [-0.3, -0.25) is 0 Å². The predicted octanol–water partition coefficient (Wildman–Crippen LogP) is 2.59. The lowest BCUT2D eigenvalue weighted by Gasteiger charge is -2.14. The van der Waals surface area contributed by atoms with Crippen molar-refractivity contribution in [1.29, 1.82) is 0 Å². The zero-order chi connectivity index (χ0) is 18.0. The summed E-state index contributed by atoms with van der Waals surface area (Å²) in [7, 11) is -3.65. The number of hydrogen-bond donors (Lipinski definition) is 3. The van der Waals surface area contributed by atoms with E-state index in [0.717, 1.165) is 27.9 Å². The first-order valence-electron chi connectivity index (χ1n) is 8.12. The first-order chi connectivity index (χ1) is 11.9. The quantitative estimate of drug-likeness (QED) is 0.630. The molecule has 0 bridgehead atoms. The fraction of sp³-hybridized carbons (Fsp3) is 0.278. The Kier molecular flexibility index (Phi) is 4.89. The Morgan fingerprint density at radius 2 is 1.96 bits per heavy atom. The van der Waals surface area contributed by atoms with E-state index in [-0.39, 0.29) is 11.5 Å². The van der Waals surface area contributed by atoms with Gasteiger partial charge in [0.1, 0.15) is 5.65 Å². The highest BCUT2D eigenvalue weighted by atomic mass is 32.2. The van der Waals surface area contributed by atoms with Gasteiger partial charge in [0.25, 0.3) is 0 Å². The Morgan fingerprint density at radius 3 is 2.60 bits per heavy atom. The van der Waals surface area contributed by atoms with Crippen LogP contribution in [0, 0.1) is 6.92 Å². The molecule has 0 aliphatic rings. The molecule has 2 heterocycles. The lowest BCUT2D eigenvalue weighted by Crippen LogP contribution is -2.36. The van der Waals surface area contributed by atoms with E-state index in [0.29, 0.717) is 6.42 Å². The average molecular weight is 359 g/mol. The summed E-state index contributed by atoms with van der Waals surface area (Å²) in [6, 6.07) is 10.2. The molecule has 0 aliphatic heterocycles. The van der Waals surface area contributed by atoms with E-state index in [9.17, 15) is 13.5 Å². The molecule has 7 heteroatoms. The minimum absolute atomic E-state index is 0.179. The van der Waals surface area contributed by atoms with Gasteiger partial charge in [-0.25, -0.2) is 18.1 Å². The molecule has 0 spiro atoms. The summed E-state index contributed by atoms with van der Waals surface area (Å²) >= 11 is 0. The molecule has 1 atom stereocenters. The van der Waals surface area contributed by atoms with Crippen LogP contribution < -0.4 is 4.72 Å². The number of nitrogens with zero attached hydrogens (tertiary/aromatic N) is 1. The second kappa shape index (κ2) is 6.95. The van der Waals surface area contributed by atoms with Crippen LogP contribution in [0.4, 0.5) is 0 Å². The minimum atomic E-state index is -3.65. The van der Waals surface area contributed by atoms with Crippen LogP contribution in [0.3, 0.4) is 0 Å². The second-order valence-corrected chi connectivity index (χ2v) is 7.72. The van der Waals surface area contributed by atoms with Gasteiger partial charge < -0.3 is 10.1 Å². The third-order valence-corrected chi connectivity index (χ3v) is 5.71. The smallest absolute Gasteiger partial charge is 0.240 e. The summed E-state index contributed by atoms with van der Waals surface area (Å²) < 4.78 is 27.3. The third kappa shape index (κ3) is 3.58. The highest BCUT2D eigenvalue weighted by molar-refractivity contribution is 7.89. The van der Waals surface area contributed by atoms with Gasteiger partial charge in [0.15, 0.2) is 0 Å². The van der Waals surface area contributed by atoms with Crippen LogP contribution in [-0.4, -0.2) is 36.1 Å². The topological polar surface area (TPSA) is 95.1 Å². The van der Waals surface area contributed by atoms with Gasteiger partial charge in [-0.1, -0.05) is 19.1 Å². The van der Waals surface area contributed by atoms with Gasteiger partial charge in [-0.05, 0) is 48.7 Å². The van der Waals surface area contributed by atoms with Crippen molar-refractivity contribution in [2.75, 3.05) is 6.61 Å². The van der Waals surface area contributed by atoms with Crippen molar-refractivity contribution in [3.8, 4) is 11.1 Å². The Balaban J connectivity index is 1.94. The number of sulfonamides is 1. The van der Waals surface area contributed by atoms with Crippen LogP contribution in [0.15, 0.2) is 47.5 Å². The van der Waals surface area contributed by atoms with Crippen molar-refractivity contribution in [2.45, 2.75) is 31.2 Å². The molecule has 6 nitrogen and oxygen atoms in total. The summed E-state index contributed by atoms with van der Waals surface area (Å²) in [5.74, 6) is 0. The molecule has 0 aliphatic carbocycles. The molecule has 0 radical (unpaired) electrons. The number of fused-ring (bicyclic) bond motifs is 1. The molecule has 25 heavy (non-hydrogen) atoms. The van der Waals surface area contributed by atoms with Gasteiger partial charge in [0.05, 0.1) is 11.5 Å². The van der Waals surface area contributed by atoms with E-state index < -0.39 is 16.1 Å². The van der Waals surface area contributed by atoms with Crippen LogP contribution in [0.2, 0.25) is 0 Å². The highest BCUT2D eigenvalue weighted by Crippen LogP contribution is 2.28. The molecule has 3 aromatic rings. The maximum atomic E-state index is 12.4. The molecule has 0 saturated heterocycles. The van der Waals surface area contributed by atoms with Crippen molar-refractivity contribution in [1.82, 2.24) is 14.7 Å². The number of aliphatic hydroxyl groups excluding tert-OH is 1. The third-order valence-electron chi connectivity index (χ3n) is 4.18. The van der Waals surface area contributed by atoms with E-state index in [2.05, 4.69) is 14.7 Å². The molecule has 3 rings (SSSR count). The molecule has 0 unspecified atom stereocenters. The molecule has 3 N–H and O–H groups in total. The number of hydrogen-bond acceptors (Lipinski definition) is 4. The van der Waals surface area contributed by atoms with Gasteiger partial charge in [0, 0.05) is 23.3 Å². The van der Waals surface area contributed by atoms with E-state index in [4.69, 9.17) is 0 Å². The SMILES string of the molecule is CC[C@H](CO)NS(=O)(=O)c1ccc(-c2ccnc3[nH]c(C)cc23)cc1. The number of aromatic nitrogens is 2. The first-order valence-corrected chi connectivity index (χ1v) is 9.61. The number of H-pyrrole nitrogens is 1. The summed E-state index contributed by atoms with van der Waals surface area (Å²) in [6.07, 6.45) is 2.25. The van der Waals surface area contributed by atoms with Crippen LogP contribution in [0.5, 0.6) is 0 Å². The van der Waals surface area contributed by atoms with E-state index >= 15 is 0 Å². The number of pyridine rings is 1. The van der Waals surface area contributed by atoms with Gasteiger partial charge in [-0.2, -0.15) is 0 Å². The summed E-state index contributed by atoms with van der Waals surface area (Å²) in [5.41, 5.74) is 3.74. The lowest BCUT2D eigenvalue weighted by molar-refractivity contribution is 0.254. The van der Waals surface area contributed by atoms with Crippen LogP contribution in [0.25, 0.3) is 22.2 Å². The molecular formula is C18H21N3O3S. The lowest BCUT2D eigenvalue weighted by atomic mass is 10.0. The summed E-state index contributed by atoms with van der Waals surface area (Å²) in [4.78, 5) is 7.69. The number of nitrogens with one attached hydrogen (secondary N) is 2. The Hall–Kier alpha value is -2.22. The van der Waals surface area contributed by atoms with Crippen LogP contribution >= 0.6 is 0 Å². The van der Waals surface area contributed by atoms with Crippen LogP contribution in [0.1, 0.15) is 19.0 Å². The molecular weight excluding hydrogens is 338 g/mol. The molecule has 0 amide bonds. The van der Waals surface area contributed by atoms with Crippen molar-refractivity contribution >= 4 is 21.1 Å². The summed E-state index contributed by atoms with van der Waals surface area (Å²) in [5, 5.41) is 10.2. The van der Waals surface area contributed by atoms with Gasteiger partial charge in [-0.15, -0.1) is 0 Å². The zero-order valence-corrected chi connectivity index (χ0v) is 15.0. The summed E-state index contributed by atoms with van der Waals surface area (Å²) in [6.45, 7) is 3.56. The van der Waals surface area contributed by atoms with Crippen molar-refractivity contribution < 1.29 is 13.5 Å². The predicted molar refractivity (Wildman–Crippen MR) is 97.8 cm³/mol. The largest absolute Gasteiger partial charge is 0.395 e. The van der Waals surface area contributed by atoms with E-state index in [1.54, 1.807) is 30.5 Å². The van der Waals surface area contributed by atoms with E-state index in [1.165, 1.54) is 0 Å². The molecule has 2 aromatic heterocycles. The van der Waals surface area contributed by atoms with Crippen LogP contribution in [-0.2, 0) is 10.0 Å². The number of aliphatic hydroxyl groups is 1. The maximum absolute atomic E-state index is 12.4. The first kappa shape index (κ1) is 17.6. The number of rotatable bonds is 6. The minimum Gasteiger partial charge on any atom is -0.395 e. The fourth-order valence-corrected chi connectivity index (χ4v) is 4.07. The second-order valence-electron chi connectivity index (χ2n) is 6.01. The molecule has 0 fully saturated rings. The molecule has 0 saturated carbocycles. The number of benzene rings is 1. The maximum Gasteiger partial charge on any atom is 0.240 e. The number of aromatic amines is 1. The van der Waals surface area contributed by atoms with Crippen molar-refractivity contribution in [3.05, 3.63) is 48.3 Å². The normalized spacial score (nSPS) is 13.2. The number of aryl methyl sites for hydroxylation is 1. The Morgan fingerprint density at radius 1 is 1.24 bits per heavy atom. The molecule has 1 aromatic carbocycles. The van der Waals surface area contributed by atoms with Gasteiger partial charge >= 0.3 is 0 Å². The highest BCUT2D eigenvalue weighted by Gasteiger charge is 2.18. The van der Waals surface area contributed by atoms with Crippen molar-refractivity contribution in [2.24, 2.45) is 0 Å². The Labute approximate surface area is 147 Å². The van der Waals surface area contributed by atoms with E-state index in [1.807, 2.05) is 26.0 Å². The zero-order valence-electron chi connectivity index (χ0n) is 14.2. The fourth-order valence-electron chi connectivity index (χ4n) is 2.76. The standard InChI is InChI=1S/C18H21N3O3S/c1-3-14(11-22)21-25(23,24)15-6-4-13(5-7-15)16-8-9-19-18-17(16)10-12(2)20-18/h4-10,14,21-22H,3,11H2,1-2H3,(H,19,20)/t14-/m1/s1. The Bertz CT molecular complexity index is 974. The molecule has 132 valence electrons.